The lowest BCUT2D eigenvalue weighted by Gasteiger charge is -2.20. The topological polar surface area (TPSA) is 29.3 Å². The molecule has 0 bridgehead atoms. The highest BCUT2D eigenvalue weighted by Crippen LogP contribution is 2.16. The Morgan fingerprint density at radius 3 is 2.67 bits per heavy atom. The Bertz CT molecular complexity index is 312. The van der Waals surface area contributed by atoms with Crippen LogP contribution in [0.1, 0.15) is 18.1 Å². The number of nitrogens with two attached hydrogens (primary N) is 1. The van der Waals surface area contributed by atoms with Crippen molar-refractivity contribution in [2.45, 2.75) is 20.4 Å². The average molecular weight is 227 g/mol. The average Bonchev–Trinajstić information content (AvgIpc) is 2.21. The fourth-order valence-corrected chi connectivity index (χ4v) is 1.84. The van der Waals surface area contributed by atoms with Gasteiger partial charge in [-0.3, -0.25) is 4.90 Å². The molecule has 1 aromatic carbocycles. The zero-order chi connectivity index (χ0) is 11.3. The number of hydrogen-bond donors (Lipinski definition) is 1. The Labute approximate surface area is 97.0 Å². The maximum absolute atomic E-state index is 5.91. The Morgan fingerprint density at radius 1 is 1.40 bits per heavy atom. The normalized spacial score (nSPS) is 11.0. The summed E-state index contributed by atoms with van der Waals surface area (Å²) >= 11 is 5.91. The van der Waals surface area contributed by atoms with Gasteiger partial charge in [0.05, 0.1) is 0 Å². The van der Waals surface area contributed by atoms with Crippen LogP contribution in [0.4, 0.5) is 0 Å². The van der Waals surface area contributed by atoms with Crippen molar-refractivity contribution in [1.82, 2.24) is 4.90 Å². The summed E-state index contributed by atoms with van der Waals surface area (Å²) in [6, 6.07) is 6.05. The Balaban J connectivity index is 2.70. The molecule has 0 amide bonds. The molecule has 0 radical (unpaired) electrons. The lowest BCUT2D eigenvalue weighted by Crippen LogP contribution is -2.29. The van der Waals surface area contributed by atoms with Gasteiger partial charge in [-0.1, -0.05) is 24.6 Å². The summed E-state index contributed by atoms with van der Waals surface area (Å²) < 4.78 is 0. The first kappa shape index (κ1) is 12.5. The molecule has 3 heteroatoms. The third-order valence-electron chi connectivity index (χ3n) is 2.59. The first-order valence-corrected chi connectivity index (χ1v) is 5.72. The number of hydrogen-bond acceptors (Lipinski definition) is 2. The fourth-order valence-electron chi connectivity index (χ4n) is 1.61. The predicted molar refractivity (Wildman–Crippen MR) is 66.2 cm³/mol. The Morgan fingerprint density at radius 2 is 2.13 bits per heavy atom. The summed E-state index contributed by atoms with van der Waals surface area (Å²) in [5.74, 6) is 0. The first-order chi connectivity index (χ1) is 7.17. The van der Waals surface area contributed by atoms with Gasteiger partial charge in [0.2, 0.25) is 0 Å². The van der Waals surface area contributed by atoms with Crippen molar-refractivity contribution in [3.05, 3.63) is 34.3 Å². The zero-order valence-corrected chi connectivity index (χ0v) is 10.2. The van der Waals surface area contributed by atoms with Crippen molar-refractivity contribution in [2.75, 3.05) is 19.6 Å². The van der Waals surface area contributed by atoms with Crippen LogP contribution in [-0.2, 0) is 6.54 Å². The summed E-state index contributed by atoms with van der Waals surface area (Å²) in [7, 11) is 0. The number of nitrogens with zero attached hydrogens (tertiary/aromatic N) is 1. The molecule has 2 N–H and O–H groups in total. The van der Waals surface area contributed by atoms with Gasteiger partial charge in [-0.25, -0.2) is 0 Å². The molecule has 0 spiro atoms. The van der Waals surface area contributed by atoms with Crippen molar-refractivity contribution < 1.29 is 0 Å². The second-order valence-corrected chi connectivity index (χ2v) is 4.16. The van der Waals surface area contributed by atoms with E-state index in [9.17, 15) is 0 Å². The maximum atomic E-state index is 5.91. The number of likely N-dealkylation sites (N-methyl/N-ethyl adjacent to an activating group) is 1. The van der Waals surface area contributed by atoms with E-state index >= 15 is 0 Å². The predicted octanol–water partition coefficient (Wildman–Crippen LogP) is 2.43. The van der Waals surface area contributed by atoms with Crippen molar-refractivity contribution in [1.29, 1.82) is 0 Å². The van der Waals surface area contributed by atoms with Gasteiger partial charge in [0.25, 0.3) is 0 Å². The van der Waals surface area contributed by atoms with Crippen LogP contribution in [0.15, 0.2) is 18.2 Å². The van der Waals surface area contributed by atoms with E-state index in [-0.39, 0.29) is 0 Å². The second-order valence-electron chi connectivity index (χ2n) is 3.73. The maximum Gasteiger partial charge on any atom is 0.0408 e. The van der Waals surface area contributed by atoms with Crippen molar-refractivity contribution >= 4 is 11.6 Å². The van der Waals surface area contributed by atoms with Crippen molar-refractivity contribution in [2.24, 2.45) is 5.73 Å². The molecule has 0 saturated heterocycles. The smallest absolute Gasteiger partial charge is 0.0408 e. The zero-order valence-electron chi connectivity index (χ0n) is 9.46. The molecular formula is C12H19ClN2. The number of halogens is 1. The minimum atomic E-state index is 0.709. The van der Waals surface area contributed by atoms with Crippen LogP contribution in [-0.4, -0.2) is 24.5 Å². The molecule has 1 aromatic rings. The van der Waals surface area contributed by atoms with Gasteiger partial charge in [0.1, 0.15) is 0 Å². The van der Waals surface area contributed by atoms with Crippen LogP contribution in [0.25, 0.3) is 0 Å². The molecule has 0 aliphatic carbocycles. The summed E-state index contributed by atoms with van der Waals surface area (Å²) in [4.78, 5) is 2.33. The highest BCUT2D eigenvalue weighted by atomic mass is 35.5. The minimum absolute atomic E-state index is 0.709. The summed E-state index contributed by atoms with van der Waals surface area (Å²) in [6.45, 7) is 7.88. The highest BCUT2D eigenvalue weighted by Gasteiger charge is 2.05. The monoisotopic (exact) mass is 226 g/mol. The van der Waals surface area contributed by atoms with E-state index < -0.39 is 0 Å². The van der Waals surface area contributed by atoms with Gasteiger partial charge in [-0.05, 0) is 36.7 Å². The fraction of sp³-hybridized carbons (Fsp3) is 0.500. The first-order valence-electron chi connectivity index (χ1n) is 5.34. The SMILES string of the molecule is CCN(CCN)Cc1ccc(Cl)cc1C. The lowest BCUT2D eigenvalue weighted by molar-refractivity contribution is 0.287. The van der Waals surface area contributed by atoms with Gasteiger partial charge < -0.3 is 5.73 Å². The quantitative estimate of drug-likeness (QED) is 0.836. The van der Waals surface area contributed by atoms with Crippen molar-refractivity contribution in [3.8, 4) is 0 Å². The van der Waals surface area contributed by atoms with E-state index in [4.69, 9.17) is 17.3 Å². The third-order valence-corrected chi connectivity index (χ3v) is 2.83. The van der Waals surface area contributed by atoms with E-state index in [1.54, 1.807) is 0 Å². The van der Waals surface area contributed by atoms with Crippen LogP contribution < -0.4 is 5.73 Å². The van der Waals surface area contributed by atoms with Gasteiger partial charge in [0.15, 0.2) is 0 Å². The standard InChI is InChI=1S/C12H19ClN2/c1-3-15(7-6-14)9-11-4-5-12(13)8-10(11)2/h4-5,8H,3,6-7,9,14H2,1-2H3. The van der Waals surface area contributed by atoms with Crippen LogP contribution in [0.5, 0.6) is 0 Å². The molecule has 0 saturated carbocycles. The van der Waals surface area contributed by atoms with Crippen LogP contribution >= 0.6 is 11.6 Å². The van der Waals surface area contributed by atoms with E-state index in [0.29, 0.717) is 6.54 Å². The molecule has 84 valence electrons. The third kappa shape index (κ3) is 3.82. The molecule has 0 atom stereocenters. The molecule has 0 unspecified atom stereocenters. The van der Waals surface area contributed by atoms with Crippen molar-refractivity contribution in [3.63, 3.8) is 0 Å². The van der Waals surface area contributed by atoms with E-state index in [2.05, 4.69) is 24.8 Å². The molecule has 0 aromatic heterocycles. The van der Waals surface area contributed by atoms with Crippen LogP contribution in [0.3, 0.4) is 0 Å². The second kappa shape index (κ2) is 6.11. The molecule has 2 nitrogen and oxygen atoms in total. The summed E-state index contributed by atoms with van der Waals surface area (Å²) in [6.07, 6.45) is 0. The van der Waals surface area contributed by atoms with Gasteiger partial charge >= 0.3 is 0 Å². The van der Waals surface area contributed by atoms with Gasteiger partial charge in [-0.15, -0.1) is 0 Å². The van der Waals surface area contributed by atoms with Crippen LogP contribution in [0, 0.1) is 6.92 Å². The largest absolute Gasteiger partial charge is 0.329 e. The summed E-state index contributed by atoms with van der Waals surface area (Å²) in [5, 5.41) is 0.804. The molecule has 0 aliphatic rings. The van der Waals surface area contributed by atoms with Crippen LogP contribution in [0.2, 0.25) is 5.02 Å². The Kier molecular flexibility index (Phi) is 5.09. The Hall–Kier alpha value is -0.570. The van der Waals surface area contributed by atoms with Gasteiger partial charge in [0, 0.05) is 24.7 Å². The number of benzene rings is 1. The molecule has 1 rings (SSSR count). The molecule has 0 heterocycles. The molecular weight excluding hydrogens is 208 g/mol. The minimum Gasteiger partial charge on any atom is -0.329 e. The molecule has 15 heavy (non-hydrogen) atoms. The van der Waals surface area contributed by atoms with E-state index in [1.807, 2.05) is 12.1 Å². The van der Waals surface area contributed by atoms with E-state index in [0.717, 1.165) is 24.7 Å². The number of rotatable bonds is 5. The lowest BCUT2D eigenvalue weighted by atomic mass is 10.1. The van der Waals surface area contributed by atoms with E-state index in [1.165, 1.54) is 11.1 Å². The number of aryl methyl sites for hydroxylation is 1. The van der Waals surface area contributed by atoms with Gasteiger partial charge in [-0.2, -0.15) is 0 Å². The molecule has 0 fully saturated rings. The summed E-state index contributed by atoms with van der Waals surface area (Å²) in [5.41, 5.74) is 8.13. The molecule has 0 aliphatic heterocycles. The highest BCUT2D eigenvalue weighted by molar-refractivity contribution is 6.30.